The molecule has 0 aromatic rings. The minimum atomic E-state index is -1.20. The number of nitrogens with zero attached hydrogens (tertiary/aromatic N) is 2. The molecule has 0 aromatic heterocycles. The zero-order valence-electron chi connectivity index (χ0n) is 12.3. The summed E-state index contributed by atoms with van der Waals surface area (Å²) in [7, 11) is 3.80. The van der Waals surface area contributed by atoms with Crippen LogP contribution in [0.3, 0.4) is 0 Å². The van der Waals surface area contributed by atoms with Gasteiger partial charge < -0.3 is 20.2 Å². The third kappa shape index (κ3) is 3.83. The summed E-state index contributed by atoms with van der Waals surface area (Å²) in [6.45, 7) is 5.22. The maximum atomic E-state index is 12.1. The van der Waals surface area contributed by atoms with Crippen LogP contribution in [0.2, 0.25) is 0 Å². The highest BCUT2D eigenvalue weighted by Crippen LogP contribution is 2.16. The zero-order valence-corrected chi connectivity index (χ0v) is 12.3. The minimum Gasteiger partial charge on any atom is -0.480 e. The Morgan fingerprint density at radius 2 is 1.95 bits per heavy atom. The highest BCUT2D eigenvalue weighted by Gasteiger charge is 2.35. The Morgan fingerprint density at radius 3 is 2.37 bits per heavy atom. The van der Waals surface area contributed by atoms with Crippen LogP contribution in [0, 0.1) is 0 Å². The number of nitrogens with one attached hydrogen (secondary N) is 1. The number of hydrogen-bond donors (Lipinski definition) is 2. The molecule has 0 bridgehead atoms. The van der Waals surface area contributed by atoms with Crippen LogP contribution in [0.1, 0.15) is 33.1 Å². The molecule has 0 aromatic carbocycles. The molecule has 0 spiro atoms. The van der Waals surface area contributed by atoms with Crippen molar-refractivity contribution in [3.8, 4) is 0 Å². The second kappa shape index (κ2) is 6.23. The fraction of sp³-hybridized carbons (Fsp3) is 0.846. The number of carboxylic acids is 1. The molecule has 2 N–H and O–H groups in total. The lowest BCUT2D eigenvalue weighted by Gasteiger charge is -2.36. The van der Waals surface area contributed by atoms with E-state index in [1.165, 1.54) is 6.92 Å². The fourth-order valence-corrected chi connectivity index (χ4v) is 2.17. The number of aliphatic carboxylic acids is 1. The van der Waals surface area contributed by atoms with Gasteiger partial charge in [0.1, 0.15) is 5.54 Å². The molecule has 1 atom stereocenters. The van der Waals surface area contributed by atoms with Gasteiger partial charge in [-0.05, 0) is 46.3 Å². The van der Waals surface area contributed by atoms with Gasteiger partial charge in [0.15, 0.2) is 0 Å². The van der Waals surface area contributed by atoms with Crippen LogP contribution >= 0.6 is 0 Å². The number of piperidine rings is 1. The molecule has 2 amide bonds. The number of carboxylic acid groups (broad SMARTS) is 1. The maximum absolute atomic E-state index is 12.1. The maximum Gasteiger partial charge on any atom is 0.329 e. The molecule has 1 aliphatic rings. The predicted octanol–water partition coefficient (Wildman–Crippen LogP) is 0.975. The van der Waals surface area contributed by atoms with Crippen LogP contribution in [0.4, 0.5) is 4.79 Å². The standard InChI is InChI=1S/C13H25N3O3/c1-5-13(2,11(17)18)14-12(19)16(4)10-6-8-15(3)9-7-10/h10H,5-9H2,1-4H3,(H,14,19)(H,17,18). The molecule has 1 fully saturated rings. The van der Waals surface area contributed by atoms with Crippen LogP contribution in [-0.4, -0.2) is 65.7 Å². The van der Waals surface area contributed by atoms with Crippen LogP contribution in [0.15, 0.2) is 0 Å². The smallest absolute Gasteiger partial charge is 0.329 e. The second-order valence-corrected chi connectivity index (χ2v) is 5.57. The molecule has 19 heavy (non-hydrogen) atoms. The zero-order chi connectivity index (χ0) is 14.6. The van der Waals surface area contributed by atoms with E-state index in [2.05, 4.69) is 17.3 Å². The second-order valence-electron chi connectivity index (χ2n) is 5.57. The normalized spacial score (nSPS) is 20.6. The van der Waals surface area contributed by atoms with Crippen LogP contribution in [0.25, 0.3) is 0 Å². The van der Waals surface area contributed by atoms with Gasteiger partial charge in [-0.2, -0.15) is 0 Å². The molecule has 1 rings (SSSR count). The number of rotatable bonds is 4. The van der Waals surface area contributed by atoms with E-state index in [-0.39, 0.29) is 12.1 Å². The Bertz CT molecular complexity index is 340. The molecule has 1 heterocycles. The Labute approximate surface area is 114 Å². The summed E-state index contributed by atoms with van der Waals surface area (Å²) in [4.78, 5) is 27.2. The Morgan fingerprint density at radius 1 is 1.42 bits per heavy atom. The SMILES string of the molecule is CCC(C)(NC(=O)N(C)C1CCN(C)CC1)C(=O)O. The van der Waals surface area contributed by atoms with E-state index in [0.29, 0.717) is 6.42 Å². The summed E-state index contributed by atoms with van der Waals surface area (Å²) in [6, 6.07) is -0.118. The van der Waals surface area contributed by atoms with Crippen molar-refractivity contribution in [1.29, 1.82) is 0 Å². The highest BCUT2D eigenvalue weighted by molar-refractivity contribution is 5.85. The van der Waals surface area contributed by atoms with Crippen molar-refractivity contribution in [1.82, 2.24) is 15.1 Å². The van der Waals surface area contributed by atoms with Gasteiger partial charge in [0.2, 0.25) is 0 Å². The average molecular weight is 271 g/mol. The summed E-state index contributed by atoms with van der Waals surface area (Å²) in [6.07, 6.45) is 2.21. The number of hydrogen-bond acceptors (Lipinski definition) is 3. The van der Waals surface area contributed by atoms with Gasteiger partial charge in [-0.15, -0.1) is 0 Å². The summed E-state index contributed by atoms with van der Waals surface area (Å²) in [5.74, 6) is -1.000. The number of carbonyl (C=O) groups excluding carboxylic acids is 1. The molecule has 0 radical (unpaired) electrons. The lowest BCUT2D eigenvalue weighted by Crippen LogP contribution is -2.57. The van der Waals surface area contributed by atoms with Crippen molar-refractivity contribution in [2.24, 2.45) is 0 Å². The molecule has 0 saturated carbocycles. The molecular weight excluding hydrogens is 246 g/mol. The van der Waals surface area contributed by atoms with Gasteiger partial charge in [-0.1, -0.05) is 6.92 Å². The van der Waals surface area contributed by atoms with Crippen molar-refractivity contribution in [2.75, 3.05) is 27.2 Å². The number of urea groups is 1. The first kappa shape index (κ1) is 15.8. The monoisotopic (exact) mass is 271 g/mol. The van der Waals surface area contributed by atoms with Crippen LogP contribution < -0.4 is 5.32 Å². The first-order valence-electron chi connectivity index (χ1n) is 6.77. The molecule has 1 aliphatic heterocycles. The van der Waals surface area contributed by atoms with E-state index in [1.54, 1.807) is 18.9 Å². The van der Waals surface area contributed by atoms with Gasteiger partial charge >= 0.3 is 12.0 Å². The highest BCUT2D eigenvalue weighted by atomic mass is 16.4. The van der Waals surface area contributed by atoms with Crippen molar-refractivity contribution in [3.63, 3.8) is 0 Å². The quantitative estimate of drug-likeness (QED) is 0.799. The first-order chi connectivity index (χ1) is 8.80. The van der Waals surface area contributed by atoms with Crippen molar-refractivity contribution >= 4 is 12.0 Å². The fourth-order valence-electron chi connectivity index (χ4n) is 2.17. The third-order valence-corrected chi connectivity index (χ3v) is 4.12. The summed E-state index contributed by atoms with van der Waals surface area (Å²) in [5.41, 5.74) is -1.20. The molecule has 110 valence electrons. The predicted molar refractivity (Wildman–Crippen MR) is 73.1 cm³/mol. The topological polar surface area (TPSA) is 72.9 Å². The lowest BCUT2D eigenvalue weighted by atomic mass is 9.99. The Kier molecular flexibility index (Phi) is 5.17. The molecule has 1 saturated heterocycles. The molecule has 1 unspecified atom stereocenters. The van der Waals surface area contributed by atoms with Crippen LogP contribution in [-0.2, 0) is 4.79 Å². The van der Waals surface area contributed by atoms with Crippen molar-refractivity contribution < 1.29 is 14.7 Å². The van der Waals surface area contributed by atoms with Gasteiger partial charge in [0, 0.05) is 13.1 Å². The Balaban J connectivity index is 2.60. The van der Waals surface area contributed by atoms with E-state index in [0.717, 1.165) is 25.9 Å². The minimum absolute atomic E-state index is 0.186. The molecule has 0 aliphatic carbocycles. The van der Waals surface area contributed by atoms with Gasteiger partial charge in [-0.3, -0.25) is 0 Å². The lowest BCUT2D eigenvalue weighted by molar-refractivity contribution is -0.143. The molecular formula is C13H25N3O3. The van der Waals surface area contributed by atoms with Gasteiger partial charge in [-0.25, -0.2) is 9.59 Å². The van der Waals surface area contributed by atoms with Gasteiger partial charge in [0.25, 0.3) is 0 Å². The summed E-state index contributed by atoms with van der Waals surface area (Å²) < 4.78 is 0. The van der Waals surface area contributed by atoms with E-state index >= 15 is 0 Å². The van der Waals surface area contributed by atoms with E-state index in [4.69, 9.17) is 5.11 Å². The van der Waals surface area contributed by atoms with E-state index in [1.807, 2.05) is 0 Å². The van der Waals surface area contributed by atoms with E-state index < -0.39 is 11.5 Å². The summed E-state index contributed by atoms with van der Waals surface area (Å²) >= 11 is 0. The van der Waals surface area contributed by atoms with E-state index in [9.17, 15) is 9.59 Å². The number of carbonyl (C=O) groups is 2. The van der Waals surface area contributed by atoms with Gasteiger partial charge in [0.05, 0.1) is 0 Å². The third-order valence-electron chi connectivity index (χ3n) is 4.12. The summed E-state index contributed by atoms with van der Waals surface area (Å²) in [5, 5.41) is 11.8. The largest absolute Gasteiger partial charge is 0.480 e. The first-order valence-corrected chi connectivity index (χ1v) is 6.77. The van der Waals surface area contributed by atoms with Crippen LogP contribution in [0.5, 0.6) is 0 Å². The van der Waals surface area contributed by atoms with Crippen molar-refractivity contribution in [3.05, 3.63) is 0 Å². The molecule has 6 heteroatoms. The molecule has 6 nitrogen and oxygen atoms in total. The average Bonchev–Trinajstić information content (AvgIpc) is 2.38. The Hall–Kier alpha value is -1.30. The number of amides is 2. The number of likely N-dealkylation sites (tertiary alicyclic amines) is 1. The van der Waals surface area contributed by atoms with Crippen molar-refractivity contribution in [2.45, 2.75) is 44.7 Å².